The molecule has 5 unspecified atom stereocenters. The monoisotopic (exact) mass is 225 g/mol. The van der Waals surface area contributed by atoms with Crippen molar-refractivity contribution in [3.63, 3.8) is 0 Å². The number of rotatable bonds is 1. The fourth-order valence-electron chi connectivity index (χ4n) is 3.78. The summed E-state index contributed by atoms with van der Waals surface area (Å²) in [6.45, 7) is 9.32. The van der Waals surface area contributed by atoms with Crippen LogP contribution in [0.5, 0.6) is 0 Å². The molecule has 0 aliphatic carbocycles. The normalized spacial score (nSPS) is 45.8. The van der Waals surface area contributed by atoms with E-state index in [9.17, 15) is 5.11 Å². The third kappa shape index (κ3) is 2.14. The smallest absolute Gasteiger partial charge is 0.0570 e. The van der Waals surface area contributed by atoms with Gasteiger partial charge in [-0.2, -0.15) is 0 Å². The summed E-state index contributed by atoms with van der Waals surface area (Å²) in [7, 11) is 0. The molecule has 2 aliphatic rings. The number of hydrogen-bond acceptors (Lipinski definition) is 2. The van der Waals surface area contributed by atoms with Gasteiger partial charge >= 0.3 is 0 Å². The first-order chi connectivity index (χ1) is 7.50. The molecular weight excluding hydrogens is 198 g/mol. The largest absolute Gasteiger partial charge is 0.393 e. The third-order valence-electron chi connectivity index (χ3n) is 4.77. The van der Waals surface area contributed by atoms with Gasteiger partial charge in [-0.05, 0) is 44.4 Å². The highest BCUT2D eigenvalue weighted by molar-refractivity contribution is 4.97. The van der Waals surface area contributed by atoms with Crippen LogP contribution < -0.4 is 0 Å². The number of fused-ring (bicyclic) bond motifs is 1. The molecule has 2 rings (SSSR count). The Bertz CT molecular complexity index is 233. The minimum atomic E-state index is -0.0681. The average molecular weight is 225 g/mol. The van der Waals surface area contributed by atoms with E-state index in [1.54, 1.807) is 0 Å². The molecule has 2 heterocycles. The molecule has 2 nitrogen and oxygen atoms in total. The summed E-state index contributed by atoms with van der Waals surface area (Å²) < 4.78 is 0. The van der Waals surface area contributed by atoms with E-state index in [-0.39, 0.29) is 6.10 Å². The molecule has 0 amide bonds. The van der Waals surface area contributed by atoms with Gasteiger partial charge in [-0.3, -0.25) is 4.90 Å². The van der Waals surface area contributed by atoms with Crippen LogP contribution in [0.2, 0.25) is 0 Å². The van der Waals surface area contributed by atoms with Crippen LogP contribution in [0.4, 0.5) is 0 Å². The summed E-state index contributed by atoms with van der Waals surface area (Å²) >= 11 is 0. The second-order valence-corrected chi connectivity index (χ2v) is 6.35. The maximum Gasteiger partial charge on any atom is 0.0570 e. The summed E-state index contributed by atoms with van der Waals surface area (Å²) in [4.78, 5) is 2.73. The quantitative estimate of drug-likeness (QED) is 0.741. The first-order valence-corrected chi connectivity index (χ1v) is 6.96. The van der Waals surface area contributed by atoms with Crippen molar-refractivity contribution < 1.29 is 5.11 Å². The third-order valence-corrected chi connectivity index (χ3v) is 4.77. The highest BCUT2D eigenvalue weighted by atomic mass is 16.3. The van der Waals surface area contributed by atoms with Gasteiger partial charge in [0.05, 0.1) is 6.10 Å². The lowest BCUT2D eigenvalue weighted by Crippen LogP contribution is -2.60. The van der Waals surface area contributed by atoms with E-state index < -0.39 is 0 Å². The minimum absolute atomic E-state index is 0.0681. The van der Waals surface area contributed by atoms with Crippen molar-refractivity contribution in [2.45, 2.75) is 77.6 Å². The molecule has 0 saturated carbocycles. The Labute approximate surface area is 100 Å². The van der Waals surface area contributed by atoms with Crippen LogP contribution in [-0.2, 0) is 0 Å². The summed E-state index contributed by atoms with van der Waals surface area (Å²) in [5.41, 5.74) is 0. The molecule has 0 spiro atoms. The van der Waals surface area contributed by atoms with Crippen molar-refractivity contribution in [1.82, 2.24) is 4.90 Å². The number of nitrogens with zero attached hydrogens (tertiary/aromatic N) is 1. The SMILES string of the molecule is CC(C)C1CC(O)CC2C(C)CCC(C)N12. The maximum atomic E-state index is 10.0. The Morgan fingerprint density at radius 2 is 1.81 bits per heavy atom. The van der Waals surface area contributed by atoms with Gasteiger partial charge in [0, 0.05) is 18.1 Å². The zero-order chi connectivity index (χ0) is 11.9. The topological polar surface area (TPSA) is 23.5 Å². The molecule has 5 atom stereocenters. The van der Waals surface area contributed by atoms with Gasteiger partial charge in [0.1, 0.15) is 0 Å². The Morgan fingerprint density at radius 3 is 2.44 bits per heavy atom. The molecule has 0 aromatic carbocycles. The molecule has 0 radical (unpaired) electrons. The Kier molecular flexibility index (Phi) is 3.60. The van der Waals surface area contributed by atoms with E-state index in [2.05, 4.69) is 32.6 Å². The Hall–Kier alpha value is -0.0800. The predicted octanol–water partition coefficient (Wildman–Crippen LogP) is 2.65. The molecule has 1 N–H and O–H groups in total. The number of piperidine rings is 2. The van der Waals surface area contributed by atoms with Crippen LogP contribution in [0.25, 0.3) is 0 Å². The van der Waals surface area contributed by atoms with Gasteiger partial charge in [-0.15, -0.1) is 0 Å². The van der Waals surface area contributed by atoms with Crippen LogP contribution in [0.1, 0.15) is 53.4 Å². The van der Waals surface area contributed by atoms with Gasteiger partial charge in [0.25, 0.3) is 0 Å². The minimum Gasteiger partial charge on any atom is -0.393 e. The van der Waals surface area contributed by atoms with Gasteiger partial charge < -0.3 is 5.11 Å². The summed E-state index contributed by atoms with van der Waals surface area (Å²) in [5.74, 6) is 1.41. The van der Waals surface area contributed by atoms with Gasteiger partial charge in [0.2, 0.25) is 0 Å². The van der Waals surface area contributed by atoms with E-state index >= 15 is 0 Å². The van der Waals surface area contributed by atoms with E-state index in [4.69, 9.17) is 0 Å². The first-order valence-electron chi connectivity index (χ1n) is 6.96. The van der Waals surface area contributed by atoms with Crippen molar-refractivity contribution in [2.75, 3.05) is 0 Å². The number of aliphatic hydroxyl groups is 1. The van der Waals surface area contributed by atoms with E-state index in [0.717, 1.165) is 18.8 Å². The lowest BCUT2D eigenvalue weighted by molar-refractivity contribution is -0.0763. The number of aliphatic hydroxyl groups excluding tert-OH is 1. The molecule has 2 heteroatoms. The molecule has 16 heavy (non-hydrogen) atoms. The highest BCUT2D eigenvalue weighted by Gasteiger charge is 2.43. The molecule has 2 aliphatic heterocycles. The standard InChI is InChI=1S/C14H27NO/c1-9(2)13-7-12(16)8-14-10(3)5-6-11(4)15(13)14/h9-14,16H,5-8H2,1-4H3. The fourth-order valence-corrected chi connectivity index (χ4v) is 3.78. The zero-order valence-electron chi connectivity index (χ0n) is 11.2. The maximum absolute atomic E-state index is 10.0. The molecular formula is C14H27NO. The van der Waals surface area contributed by atoms with E-state index in [1.807, 2.05) is 0 Å². The summed E-state index contributed by atoms with van der Waals surface area (Å²) in [6.07, 6.45) is 4.57. The first kappa shape index (κ1) is 12.4. The molecule has 2 saturated heterocycles. The number of hydrogen-bond donors (Lipinski definition) is 1. The van der Waals surface area contributed by atoms with Crippen LogP contribution >= 0.6 is 0 Å². The lowest BCUT2D eigenvalue weighted by Gasteiger charge is -2.54. The van der Waals surface area contributed by atoms with Crippen molar-refractivity contribution >= 4 is 0 Å². The van der Waals surface area contributed by atoms with Crippen molar-refractivity contribution in [3.8, 4) is 0 Å². The van der Waals surface area contributed by atoms with Gasteiger partial charge in [-0.1, -0.05) is 20.8 Å². The zero-order valence-corrected chi connectivity index (χ0v) is 11.2. The van der Waals surface area contributed by atoms with E-state index in [0.29, 0.717) is 24.0 Å². The molecule has 0 aromatic rings. The molecule has 2 fully saturated rings. The van der Waals surface area contributed by atoms with Crippen LogP contribution in [0, 0.1) is 11.8 Å². The highest BCUT2D eigenvalue weighted by Crippen LogP contribution is 2.39. The van der Waals surface area contributed by atoms with Crippen LogP contribution in [0.3, 0.4) is 0 Å². The summed E-state index contributed by atoms with van der Waals surface area (Å²) in [6, 6.07) is 1.92. The lowest BCUT2D eigenvalue weighted by atomic mass is 9.76. The molecule has 0 bridgehead atoms. The van der Waals surface area contributed by atoms with E-state index in [1.165, 1.54) is 12.8 Å². The van der Waals surface area contributed by atoms with Crippen LogP contribution in [-0.4, -0.2) is 34.2 Å². The Morgan fingerprint density at radius 1 is 1.12 bits per heavy atom. The van der Waals surface area contributed by atoms with Crippen LogP contribution in [0.15, 0.2) is 0 Å². The predicted molar refractivity (Wildman–Crippen MR) is 67.4 cm³/mol. The second kappa shape index (κ2) is 4.66. The second-order valence-electron chi connectivity index (χ2n) is 6.35. The molecule has 94 valence electrons. The Balaban J connectivity index is 2.20. The van der Waals surface area contributed by atoms with Gasteiger partial charge in [-0.25, -0.2) is 0 Å². The average Bonchev–Trinajstić information content (AvgIpc) is 2.22. The fraction of sp³-hybridized carbons (Fsp3) is 1.00. The summed E-state index contributed by atoms with van der Waals surface area (Å²) in [5, 5.41) is 10.0. The van der Waals surface area contributed by atoms with Crippen molar-refractivity contribution in [3.05, 3.63) is 0 Å². The van der Waals surface area contributed by atoms with Crippen molar-refractivity contribution in [2.24, 2.45) is 11.8 Å². The van der Waals surface area contributed by atoms with Gasteiger partial charge in [0.15, 0.2) is 0 Å². The van der Waals surface area contributed by atoms with Crippen molar-refractivity contribution in [1.29, 1.82) is 0 Å². The molecule has 0 aromatic heterocycles.